The number of aromatic nitrogens is 2. The van der Waals surface area contributed by atoms with E-state index in [1.54, 1.807) is 12.1 Å². The second-order valence-electron chi connectivity index (χ2n) is 5.99. The van der Waals surface area contributed by atoms with Gasteiger partial charge in [-0.3, -0.25) is 10.00 Å². The van der Waals surface area contributed by atoms with E-state index in [2.05, 4.69) is 10.4 Å². The number of alkyl halides is 5. The summed E-state index contributed by atoms with van der Waals surface area (Å²) in [5, 5.41) is 5.89. The molecule has 5 nitrogen and oxygen atoms in total. The smallest absolute Gasteiger partial charge is 0.406 e. The molecule has 3 rings (SSSR count). The van der Waals surface area contributed by atoms with E-state index in [1.807, 2.05) is 0 Å². The van der Waals surface area contributed by atoms with Gasteiger partial charge < -0.3 is 4.74 Å². The van der Waals surface area contributed by atoms with Crippen LogP contribution in [0.25, 0.3) is 11.1 Å². The highest BCUT2D eigenvalue weighted by Gasteiger charge is 2.30. The molecule has 0 radical (unpaired) electrons. The lowest BCUT2D eigenvalue weighted by Crippen LogP contribution is -2.17. The second kappa shape index (κ2) is 7.90. The van der Waals surface area contributed by atoms with Gasteiger partial charge in [-0.1, -0.05) is 30.3 Å². The number of benzene rings is 2. The molecular formula is C19H14F5N3O2. The summed E-state index contributed by atoms with van der Waals surface area (Å²) in [7, 11) is 1.39. The minimum Gasteiger partial charge on any atom is -0.406 e. The average Bonchev–Trinajstić information content (AvgIpc) is 3.02. The van der Waals surface area contributed by atoms with Gasteiger partial charge in [0.05, 0.1) is 17.4 Å². The van der Waals surface area contributed by atoms with Gasteiger partial charge in [0.15, 0.2) is 11.4 Å². The third kappa shape index (κ3) is 4.71. The number of aryl methyl sites for hydroxylation is 1. The standard InChI is InChI=1S/C19H14F5N3O2/c1-27-10-15(16(26-27)17(20)21)29-18(28)25-14-8-3-2-7-13(14)11-5-4-6-12(9-11)19(22,23)24/h2-10,17H,1H3,(H,25,28). The van der Waals surface area contributed by atoms with Crippen LogP contribution in [-0.2, 0) is 13.2 Å². The van der Waals surface area contributed by atoms with E-state index in [-0.39, 0.29) is 11.3 Å². The number of hydrogen-bond donors (Lipinski definition) is 1. The molecule has 0 aliphatic heterocycles. The summed E-state index contributed by atoms with van der Waals surface area (Å²) in [6.45, 7) is 0. The lowest BCUT2D eigenvalue weighted by molar-refractivity contribution is -0.137. The van der Waals surface area contributed by atoms with Gasteiger partial charge in [0.1, 0.15) is 0 Å². The minimum absolute atomic E-state index is 0.152. The average molecular weight is 411 g/mol. The van der Waals surface area contributed by atoms with Crippen molar-refractivity contribution >= 4 is 11.8 Å². The van der Waals surface area contributed by atoms with Crippen molar-refractivity contribution in [1.82, 2.24) is 9.78 Å². The Hall–Kier alpha value is -3.43. The van der Waals surface area contributed by atoms with Crippen LogP contribution in [0.1, 0.15) is 17.7 Å². The maximum absolute atomic E-state index is 13.0. The van der Waals surface area contributed by atoms with Crippen molar-refractivity contribution in [3.63, 3.8) is 0 Å². The number of anilines is 1. The van der Waals surface area contributed by atoms with Crippen LogP contribution in [0.3, 0.4) is 0 Å². The molecule has 1 aromatic heterocycles. The predicted octanol–water partition coefficient (Wildman–Crippen LogP) is 5.65. The molecule has 1 amide bonds. The van der Waals surface area contributed by atoms with Crippen molar-refractivity contribution in [1.29, 1.82) is 0 Å². The number of halogens is 5. The van der Waals surface area contributed by atoms with Gasteiger partial charge in [0.2, 0.25) is 0 Å². The summed E-state index contributed by atoms with van der Waals surface area (Å²) in [5.74, 6) is -0.420. The molecule has 29 heavy (non-hydrogen) atoms. The van der Waals surface area contributed by atoms with E-state index in [9.17, 15) is 26.7 Å². The topological polar surface area (TPSA) is 56.1 Å². The predicted molar refractivity (Wildman–Crippen MR) is 94.7 cm³/mol. The van der Waals surface area contributed by atoms with Gasteiger partial charge in [0, 0.05) is 12.6 Å². The van der Waals surface area contributed by atoms with E-state index >= 15 is 0 Å². The lowest BCUT2D eigenvalue weighted by atomic mass is 10.0. The van der Waals surface area contributed by atoms with Crippen LogP contribution >= 0.6 is 0 Å². The summed E-state index contributed by atoms with van der Waals surface area (Å²) in [4.78, 5) is 12.2. The first-order valence-corrected chi connectivity index (χ1v) is 8.22. The van der Waals surface area contributed by atoms with E-state index in [1.165, 1.54) is 31.3 Å². The highest BCUT2D eigenvalue weighted by Crippen LogP contribution is 2.35. The van der Waals surface area contributed by atoms with Crippen molar-refractivity contribution in [2.75, 3.05) is 5.32 Å². The number of carbonyl (C=O) groups is 1. The fourth-order valence-corrected chi connectivity index (χ4v) is 2.66. The molecule has 0 saturated carbocycles. The van der Waals surface area contributed by atoms with Crippen LogP contribution in [0.5, 0.6) is 5.75 Å². The summed E-state index contributed by atoms with van der Waals surface area (Å²) < 4.78 is 70.8. The number of nitrogens with one attached hydrogen (secondary N) is 1. The second-order valence-corrected chi connectivity index (χ2v) is 5.99. The number of rotatable bonds is 4. The number of hydrogen-bond acceptors (Lipinski definition) is 3. The Labute approximate surface area is 161 Å². The van der Waals surface area contributed by atoms with Gasteiger partial charge >= 0.3 is 12.3 Å². The maximum Gasteiger partial charge on any atom is 0.417 e. The minimum atomic E-state index is -4.52. The molecule has 0 bridgehead atoms. The first kappa shape index (κ1) is 20.3. The number of nitrogens with zero attached hydrogens (tertiary/aromatic N) is 2. The molecule has 0 atom stereocenters. The summed E-state index contributed by atoms with van der Waals surface area (Å²) >= 11 is 0. The normalized spacial score (nSPS) is 11.6. The Morgan fingerprint density at radius 3 is 2.55 bits per heavy atom. The quantitative estimate of drug-likeness (QED) is 0.564. The van der Waals surface area contributed by atoms with Crippen molar-refractivity contribution in [3.05, 3.63) is 66.0 Å². The van der Waals surface area contributed by atoms with Gasteiger partial charge in [-0.05, 0) is 23.8 Å². The van der Waals surface area contributed by atoms with Crippen LogP contribution < -0.4 is 10.1 Å². The van der Waals surface area contributed by atoms with Crippen molar-refractivity contribution in [2.24, 2.45) is 7.05 Å². The van der Waals surface area contributed by atoms with E-state index in [4.69, 9.17) is 4.74 Å². The monoisotopic (exact) mass is 411 g/mol. The molecule has 1 N–H and O–H groups in total. The Bertz CT molecular complexity index is 1030. The third-order valence-corrected chi connectivity index (χ3v) is 3.90. The van der Waals surface area contributed by atoms with Crippen LogP contribution in [0, 0.1) is 0 Å². The molecule has 1 heterocycles. The van der Waals surface area contributed by atoms with E-state index in [0.717, 1.165) is 23.0 Å². The first-order chi connectivity index (χ1) is 13.6. The molecule has 0 aliphatic carbocycles. The molecule has 0 saturated heterocycles. The van der Waals surface area contributed by atoms with Crippen molar-refractivity contribution < 1.29 is 31.5 Å². The molecule has 10 heteroatoms. The number of ether oxygens (including phenoxy) is 1. The maximum atomic E-state index is 13.0. The third-order valence-electron chi connectivity index (χ3n) is 3.90. The highest BCUT2D eigenvalue weighted by molar-refractivity contribution is 5.92. The molecule has 0 unspecified atom stereocenters. The number of para-hydroxylation sites is 1. The van der Waals surface area contributed by atoms with Crippen molar-refractivity contribution in [3.8, 4) is 16.9 Å². The highest BCUT2D eigenvalue weighted by atomic mass is 19.4. The van der Waals surface area contributed by atoms with E-state index < -0.39 is 35.7 Å². The lowest BCUT2D eigenvalue weighted by Gasteiger charge is -2.13. The molecule has 0 aliphatic rings. The molecule has 0 fully saturated rings. The van der Waals surface area contributed by atoms with Crippen LogP contribution in [-0.4, -0.2) is 15.9 Å². The van der Waals surface area contributed by atoms with E-state index in [0.29, 0.717) is 5.56 Å². The largest absolute Gasteiger partial charge is 0.417 e. The Morgan fingerprint density at radius 1 is 1.14 bits per heavy atom. The SMILES string of the molecule is Cn1cc(OC(=O)Nc2ccccc2-c2cccc(C(F)(F)F)c2)c(C(F)F)n1. The Kier molecular flexibility index (Phi) is 5.53. The molecule has 2 aromatic carbocycles. The van der Waals surface area contributed by atoms with Crippen LogP contribution in [0.15, 0.2) is 54.7 Å². The summed E-state index contributed by atoms with van der Waals surface area (Å²) in [5.41, 5.74) is -0.876. The zero-order valence-corrected chi connectivity index (χ0v) is 14.9. The van der Waals surface area contributed by atoms with Crippen molar-refractivity contribution in [2.45, 2.75) is 12.6 Å². The number of amides is 1. The molecular weight excluding hydrogens is 397 g/mol. The Morgan fingerprint density at radius 2 is 1.86 bits per heavy atom. The fraction of sp³-hybridized carbons (Fsp3) is 0.158. The van der Waals surface area contributed by atoms with Gasteiger partial charge in [0.25, 0.3) is 6.43 Å². The molecule has 3 aromatic rings. The van der Waals surface area contributed by atoms with Gasteiger partial charge in [-0.25, -0.2) is 13.6 Å². The van der Waals surface area contributed by atoms with Gasteiger partial charge in [-0.2, -0.15) is 18.3 Å². The molecule has 0 spiro atoms. The fourth-order valence-electron chi connectivity index (χ4n) is 2.66. The first-order valence-electron chi connectivity index (χ1n) is 8.22. The summed E-state index contributed by atoms with van der Waals surface area (Å²) in [6.07, 6.45) is -7.45. The van der Waals surface area contributed by atoms with Crippen LogP contribution in [0.4, 0.5) is 32.4 Å². The zero-order chi connectivity index (χ0) is 21.2. The summed E-state index contributed by atoms with van der Waals surface area (Å²) in [6, 6.07) is 10.7. The van der Waals surface area contributed by atoms with Crippen LogP contribution in [0.2, 0.25) is 0 Å². The Balaban J connectivity index is 1.86. The van der Waals surface area contributed by atoms with Gasteiger partial charge in [-0.15, -0.1) is 0 Å². The molecule has 152 valence electrons. The zero-order valence-electron chi connectivity index (χ0n) is 14.9. The number of carbonyl (C=O) groups excluding carboxylic acids is 1.